The maximum atomic E-state index is 12.7. The molecule has 0 radical (unpaired) electrons. The second-order valence-corrected chi connectivity index (χ2v) is 5.23. The quantitative estimate of drug-likeness (QED) is 0.759. The van der Waals surface area contributed by atoms with Crippen molar-refractivity contribution < 1.29 is 9.13 Å². The number of halogens is 1. The van der Waals surface area contributed by atoms with Crippen LogP contribution >= 0.6 is 11.8 Å². The number of thioether (sulfide) groups is 1. The minimum atomic E-state index is -0.192. The molecule has 0 heterocycles. The van der Waals surface area contributed by atoms with Crippen LogP contribution in [-0.4, -0.2) is 31.6 Å². The molecule has 1 N–H and O–H groups in total. The highest BCUT2D eigenvalue weighted by molar-refractivity contribution is 7.99. The Morgan fingerprint density at radius 2 is 1.94 bits per heavy atom. The topological polar surface area (TPSA) is 21.3 Å². The van der Waals surface area contributed by atoms with Gasteiger partial charge in [-0.2, -0.15) is 0 Å². The van der Waals surface area contributed by atoms with Crippen molar-refractivity contribution in [1.82, 2.24) is 5.32 Å². The second kappa shape index (κ2) is 7.69. The van der Waals surface area contributed by atoms with Gasteiger partial charge in [-0.05, 0) is 45.2 Å². The van der Waals surface area contributed by atoms with Gasteiger partial charge < -0.3 is 10.1 Å². The lowest BCUT2D eigenvalue weighted by Crippen LogP contribution is -2.33. The lowest BCUT2D eigenvalue weighted by atomic mass is 10.3. The van der Waals surface area contributed by atoms with E-state index in [4.69, 9.17) is 4.74 Å². The zero-order valence-electron chi connectivity index (χ0n) is 10.6. The van der Waals surface area contributed by atoms with E-state index in [1.807, 2.05) is 20.9 Å². The first kappa shape index (κ1) is 14.5. The van der Waals surface area contributed by atoms with Gasteiger partial charge in [0, 0.05) is 16.7 Å². The Balaban J connectivity index is 2.34. The molecule has 0 saturated heterocycles. The lowest BCUT2D eigenvalue weighted by molar-refractivity contribution is 0.0668. The summed E-state index contributed by atoms with van der Waals surface area (Å²) in [6.45, 7) is 4.75. The molecule has 0 amide bonds. The Bertz CT molecular complexity index is 316. The van der Waals surface area contributed by atoms with Gasteiger partial charge in [-0.15, -0.1) is 11.8 Å². The average Bonchev–Trinajstić information content (AvgIpc) is 2.31. The molecular formula is C13H20FNOS. The van der Waals surface area contributed by atoms with Gasteiger partial charge >= 0.3 is 0 Å². The van der Waals surface area contributed by atoms with Crippen molar-refractivity contribution in [2.75, 3.05) is 19.4 Å². The smallest absolute Gasteiger partial charge is 0.123 e. The second-order valence-electron chi connectivity index (χ2n) is 4.13. The van der Waals surface area contributed by atoms with Gasteiger partial charge in [-0.25, -0.2) is 4.39 Å². The highest BCUT2D eigenvalue weighted by Gasteiger charge is 2.08. The first-order chi connectivity index (χ1) is 8.11. The van der Waals surface area contributed by atoms with Gasteiger partial charge in [0.1, 0.15) is 5.82 Å². The van der Waals surface area contributed by atoms with E-state index in [0.29, 0.717) is 12.6 Å². The average molecular weight is 257 g/mol. The molecule has 17 heavy (non-hydrogen) atoms. The van der Waals surface area contributed by atoms with E-state index in [-0.39, 0.29) is 11.9 Å². The summed E-state index contributed by atoms with van der Waals surface area (Å²) >= 11 is 1.70. The predicted octanol–water partition coefficient (Wildman–Crippen LogP) is 2.93. The molecule has 1 rings (SSSR count). The maximum Gasteiger partial charge on any atom is 0.123 e. The van der Waals surface area contributed by atoms with Gasteiger partial charge in [-0.3, -0.25) is 0 Å². The first-order valence-electron chi connectivity index (χ1n) is 5.79. The van der Waals surface area contributed by atoms with Crippen LogP contribution in [0.2, 0.25) is 0 Å². The minimum Gasteiger partial charge on any atom is -0.377 e. The van der Waals surface area contributed by atoms with Gasteiger partial charge in [0.15, 0.2) is 0 Å². The summed E-state index contributed by atoms with van der Waals surface area (Å²) in [6.07, 6.45) is 0.252. The van der Waals surface area contributed by atoms with Crippen molar-refractivity contribution in [3.8, 4) is 0 Å². The highest BCUT2D eigenvalue weighted by Crippen LogP contribution is 2.19. The molecule has 4 heteroatoms. The fourth-order valence-corrected chi connectivity index (χ4v) is 2.24. The molecule has 1 atom stereocenters. The van der Waals surface area contributed by atoms with Gasteiger partial charge in [0.2, 0.25) is 0 Å². The molecule has 0 bridgehead atoms. The lowest BCUT2D eigenvalue weighted by Gasteiger charge is -2.17. The number of ether oxygens (including phenoxy) is 1. The summed E-state index contributed by atoms with van der Waals surface area (Å²) in [6, 6.07) is 6.89. The summed E-state index contributed by atoms with van der Waals surface area (Å²) in [4.78, 5) is 1.08. The summed E-state index contributed by atoms with van der Waals surface area (Å²) in [5.74, 6) is 0.720. The first-order valence-corrected chi connectivity index (χ1v) is 6.77. The summed E-state index contributed by atoms with van der Waals surface area (Å²) in [5, 5.41) is 3.22. The van der Waals surface area contributed by atoms with Crippen LogP contribution in [0, 0.1) is 5.82 Å². The van der Waals surface area contributed by atoms with Gasteiger partial charge in [0.25, 0.3) is 0 Å². The SMILES string of the molecule is CNC(COC(C)C)CSc1ccc(F)cc1. The van der Waals surface area contributed by atoms with Crippen LogP contribution in [0.25, 0.3) is 0 Å². The number of hydrogen-bond donors (Lipinski definition) is 1. The number of benzene rings is 1. The van der Waals surface area contributed by atoms with Crippen LogP contribution < -0.4 is 5.32 Å². The Hall–Kier alpha value is -0.580. The molecular weight excluding hydrogens is 237 g/mol. The summed E-state index contributed by atoms with van der Waals surface area (Å²) in [7, 11) is 1.93. The molecule has 1 aromatic rings. The summed E-state index contributed by atoms with van der Waals surface area (Å²) < 4.78 is 18.3. The zero-order chi connectivity index (χ0) is 12.7. The third kappa shape index (κ3) is 6.05. The molecule has 0 aromatic heterocycles. The van der Waals surface area contributed by atoms with Crippen LogP contribution in [0.5, 0.6) is 0 Å². The molecule has 0 aliphatic heterocycles. The Morgan fingerprint density at radius 3 is 2.47 bits per heavy atom. The van der Waals surface area contributed by atoms with E-state index in [2.05, 4.69) is 5.32 Å². The van der Waals surface area contributed by atoms with E-state index < -0.39 is 0 Å². The van der Waals surface area contributed by atoms with Gasteiger partial charge in [-0.1, -0.05) is 0 Å². The third-order valence-corrected chi connectivity index (χ3v) is 3.48. The number of nitrogens with one attached hydrogen (secondary N) is 1. The molecule has 0 aliphatic carbocycles. The number of rotatable bonds is 7. The van der Waals surface area contributed by atoms with Crippen molar-refractivity contribution in [3.63, 3.8) is 0 Å². The highest BCUT2D eigenvalue weighted by atomic mass is 32.2. The third-order valence-electron chi connectivity index (χ3n) is 2.30. The molecule has 2 nitrogen and oxygen atoms in total. The molecule has 0 saturated carbocycles. The van der Waals surface area contributed by atoms with Crippen molar-refractivity contribution in [3.05, 3.63) is 30.1 Å². The zero-order valence-corrected chi connectivity index (χ0v) is 11.4. The van der Waals surface area contributed by atoms with Crippen LogP contribution in [0.15, 0.2) is 29.2 Å². The maximum absolute atomic E-state index is 12.7. The number of likely N-dealkylation sites (N-methyl/N-ethyl adjacent to an activating group) is 1. The monoisotopic (exact) mass is 257 g/mol. The van der Waals surface area contributed by atoms with Crippen molar-refractivity contribution in [2.24, 2.45) is 0 Å². The van der Waals surface area contributed by atoms with E-state index in [1.165, 1.54) is 12.1 Å². The van der Waals surface area contributed by atoms with Gasteiger partial charge in [0.05, 0.1) is 12.7 Å². The van der Waals surface area contributed by atoms with Crippen molar-refractivity contribution in [1.29, 1.82) is 0 Å². The van der Waals surface area contributed by atoms with Crippen molar-refractivity contribution >= 4 is 11.8 Å². The molecule has 0 aliphatic rings. The minimum absolute atomic E-state index is 0.192. The predicted molar refractivity (Wildman–Crippen MR) is 71.1 cm³/mol. The van der Waals surface area contributed by atoms with Crippen LogP contribution in [0.3, 0.4) is 0 Å². The van der Waals surface area contributed by atoms with E-state index >= 15 is 0 Å². The number of hydrogen-bond acceptors (Lipinski definition) is 3. The molecule has 0 fully saturated rings. The molecule has 1 aromatic carbocycles. The van der Waals surface area contributed by atoms with E-state index in [0.717, 1.165) is 10.6 Å². The van der Waals surface area contributed by atoms with Crippen molar-refractivity contribution in [2.45, 2.75) is 30.9 Å². The Morgan fingerprint density at radius 1 is 1.29 bits per heavy atom. The fourth-order valence-electron chi connectivity index (χ4n) is 1.25. The van der Waals surface area contributed by atoms with E-state index in [1.54, 1.807) is 23.9 Å². The standard InChI is InChI=1S/C13H20FNOS/c1-10(2)16-8-12(15-3)9-17-13-6-4-11(14)5-7-13/h4-7,10,12,15H,8-9H2,1-3H3. The summed E-state index contributed by atoms with van der Waals surface area (Å²) in [5.41, 5.74) is 0. The molecule has 0 spiro atoms. The normalized spacial score (nSPS) is 13.0. The molecule has 1 unspecified atom stereocenters. The molecule has 96 valence electrons. The Kier molecular flexibility index (Phi) is 6.55. The van der Waals surface area contributed by atoms with Crippen LogP contribution in [0.4, 0.5) is 4.39 Å². The van der Waals surface area contributed by atoms with Crippen LogP contribution in [-0.2, 0) is 4.74 Å². The fraction of sp³-hybridized carbons (Fsp3) is 0.538. The largest absolute Gasteiger partial charge is 0.377 e. The Labute approximate surface area is 107 Å². The van der Waals surface area contributed by atoms with Crippen LogP contribution in [0.1, 0.15) is 13.8 Å². The van der Waals surface area contributed by atoms with E-state index in [9.17, 15) is 4.39 Å².